The number of rotatable bonds is 3. The van der Waals surface area contributed by atoms with E-state index in [0.717, 1.165) is 22.6 Å². The van der Waals surface area contributed by atoms with Gasteiger partial charge in [-0.2, -0.15) is 0 Å². The summed E-state index contributed by atoms with van der Waals surface area (Å²) < 4.78 is 10.6. The van der Waals surface area contributed by atoms with E-state index >= 15 is 0 Å². The van der Waals surface area contributed by atoms with Crippen LogP contribution < -0.4 is 4.74 Å². The standard InChI is InChI=1S/C13H12BrClO2/c1-8-5-6-17-13(8)12(14)10-4-3-9(16-2)7-11(10)15/h3-7,12H,1-2H3. The average Bonchev–Trinajstić information content (AvgIpc) is 2.74. The highest BCUT2D eigenvalue weighted by atomic mass is 79.9. The molecule has 2 rings (SSSR count). The van der Waals surface area contributed by atoms with Crippen LogP contribution in [-0.2, 0) is 0 Å². The second-order valence-corrected chi connectivity index (χ2v) is 5.04. The summed E-state index contributed by atoms with van der Waals surface area (Å²) in [6.45, 7) is 2.00. The molecular weight excluding hydrogens is 303 g/mol. The zero-order valence-electron chi connectivity index (χ0n) is 9.54. The van der Waals surface area contributed by atoms with Gasteiger partial charge in [-0.25, -0.2) is 0 Å². The number of hydrogen-bond donors (Lipinski definition) is 0. The Morgan fingerprint density at radius 1 is 1.35 bits per heavy atom. The SMILES string of the molecule is COc1ccc(C(Br)c2occc2C)c(Cl)c1. The van der Waals surface area contributed by atoms with Gasteiger partial charge in [0.15, 0.2) is 0 Å². The van der Waals surface area contributed by atoms with Gasteiger partial charge in [-0.05, 0) is 36.2 Å². The van der Waals surface area contributed by atoms with E-state index in [1.165, 1.54) is 0 Å². The van der Waals surface area contributed by atoms with Crippen LogP contribution in [0.15, 0.2) is 34.9 Å². The van der Waals surface area contributed by atoms with Crippen molar-refractivity contribution in [1.29, 1.82) is 0 Å². The van der Waals surface area contributed by atoms with Crippen LogP contribution in [-0.4, -0.2) is 7.11 Å². The van der Waals surface area contributed by atoms with E-state index < -0.39 is 0 Å². The third-order valence-corrected chi connectivity index (χ3v) is 3.85. The predicted molar refractivity (Wildman–Crippen MR) is 72.2 cm³/mol. The fourth-order valence-corrected chi connectivity index (χ4v) is 2.91. The molecule has 4 heteroatoms. The number of alkyl halides is 1. The molecule has 2 aromatic rings. The van der Waals surface area contributed by atoms with Crippen molar-refractivity contribution in [1.82, 2.24) is 0 Å². The monoisotopic (exact) mass is 314 g/mol. The van der Waals surface area contributed by atoms with Crippen molar-refractivity contribution in [3.8, 4) is 5.75 Å². The first kappa shape index (κ1) is 12.5. The Hall–Kier alpha value is -0.930. The molecule has 2 nitrogen and oxygen atoms in total. The van der Waals surface area contributed by atoms with Gasteiger partial charge in [0, 0.05) is 5.02 Å². The van der Waals surface area contributed by atoms with E-state index in [1.54, 1.807) is 19.4 Å². The summed E-state index contributed by atoms with van der Waals surface area (Å²) in [6, 6.07) is 7.54. The molecule has 0 N–H and O–H groups in total. The van der Waals surface area contributed by atoms with Gasteiger partial charge in [0.25, 0.3) is 0 Å². The lowest BCUT2D eigenvalue weighted by molar-refractivity contribution is 0.414. The number of furan rings is 1. The smallest absolute Gasteiger partial charge is 0.124 e. The maximum atomic E-state index is 6.22. The first-order valence-electron chi connectivity index (χ1n) is 5.15. The van der Waals surface area contributed by atoms with Crippen LogP contribution in [0.4, 0.5) is 0 Å². The molecular formula is C13H12BrClO2. The number of hydrogen-bond acceptors (Lipinski definition) is 2. The Morgan fingerprint density at radius 2 is 2.12 bits per heavy atom. The Labute approximate surface area is 114 Å². The minimum absolute atomic E-state index is 0.0455. The van der Waals surface area contributed by atoms with Crippen LogP contribution >= 0.6 is 27.5 Å². The van der Waals surface area contributed by atoms with Crippen molar-refractivity contribution in [3.05, 3.63) is 52.4 Å². The molecule has 0 aliphatic carbocycles. The van der Waals surface area contributed by atoms with E-state index in [2.05, 4.69) is 15.9 Å². The van der Waals surface area contributed by atoms with Gasteiger partial charge in [0.05, 0.1) is 18.2 Å². The number of aryl methyl sites for hydroxylation is 1. The zero-order chi connectivity index (χ0) is 12.4. The molecule has 0 bridgehead atoms. The van der Waals surface area contributed by atoms with Crippen LogP contribution in [0.2, 0.25) is 5.02 Å². The van der Waals surface area contributed by atoms with Gasteiger partial charge in [-0.1, -0.05) is 33.6 Å². The van der Waals surface area contributed by atoms with Crippen molar-refractivity contribution in [3.63, 3.8) is 0 Å². The second kappa shape index (κ2) is 5.15. The molecule has 0 amide bonds. The molecule has 1 heterocycles. The number of halogens is 2. The van der Waals surface area contributed by atoms with Crippen molar-refractivity contribution in [2.45, 2.75) is 11.8 Å². The van der Waals surface area contributed by atoms with E-state index in [1.807, 2.05) is 25.1 Å². The first-order valence-corrected chi connectivity index (χ1v) is 6.44. The van der Waals surface area contributed by atoms with Gasteiger partial charge in [0.1, 0.15) is 11.5 Å². The molecule has 1 aromatic heterocycles. The summed E-state index contributed by atoms with van der Waals surface area (Å²) in [5.74, 6) is 1.62. The first-order chi connectivity index (χ1) is 8.13. The molecule has 0 saturated carbocycles. The second-order valence-electron chi connectivity index (χ2n) is 3.72. The van der Waals surface area contributed by atoms with Crippen molar-refractivity contribution >= 4 is 27.5 Å². The van der Waals surface area contributed by atoms with E-state index in [-0.39, 0.29) is 4.83 Å². The third-order valence-electron chi connectivity index (χ3n) is 2.61. The van der Waals surface area contributed by atoms with Gasteiger partial charge in [0.2, 0.25) is 0 Å². The van der Waals surface area contributed by atoms with Crippen LogP contribution in [0.5, 0.6) is 5.75 Å². The van der Waals surface area contributed by atoms with Crippen LogP contribution in [0.1, 0.15) is 21.7 Å². The lowest BCUT2D eigenvalue weighted by atomic mass is 10.1. The number of ether oxygens (including phenoxy) is 1. The molecule has 0 spiro atoms. The minimum Gasteiger partial charge on any atom is -0.497 e. The van der Waals surface area contributed by atoms with Crippen LogP contribution in [0, 0.1) is 6.92 Å². The quantitative estimate of drug-likeness (QED) is 0.764. The molecule has 0 aliphatic rings. The summed E-state index contributed by atoms with van der Waals surface area (Å²) in [6.07, 6.45) is 1.68. The molecule has 90 valence electrons. The normalized spacial score (nSPS) is 12.5. The van der Waals surface area contributed by atoms with Crippen molar-refractivity contribution in [2.75, 3.05) is 7.11 Å². The summed E-state index contributed by atoms with van der Waals surface area (Å²) in [5.41, 5.74) is 2.06. The molecule has 1 unspecified atom stereocenters. The predicted octanol–water partition coefficient (Wildman–Crippen LogP) is 4.73. The molecule has 1 atom stereocenters. The molecule has 0 fully saturated rings. The zero-order valence-corrected chi connectivity index (χ0v) is 11.9. The molecule has 0 aliphatic heterocycles. The van der Waals surface area contributed by atoms with E-state index in [4.69, 9.17) is 20.8 Å². The van der Waals surface area contributed by atoms with Crippen molar-refractivity contribution in [2.24, 2.45) is 0 Å². The number of benzene rings is 1. The Morgan fingerprint density at radius 3 is 2.65 bits per heavy atom. The minimum atomic E-state index is -0.0455. The van der Waals surface area contributed by atoms with E-state index in [9.17, 15) is 0 Å². The van der Waals surface area contributed by atoms with Gasteiger partial charge < -0.3 is 9.15 Å². The Balaban J connectivity index is 2.38. The summed E-state index contributed by atoms with van der Waals surface area (Å²) in [5, 5.41) is 0.655. The molecule has 0 radical (unpaired) electrons. The maximum Gasteiger partial charge on any atom is 0.124 e. The maximum absolute atomic E-state index is 6.22. The van der Waals surface area contributed by atoms with E-state index in [0.29, 0.717) is 5.02 Å². The Bertz CT molecular complexity index is 522. The fraction of sp³-hybridized carbons (Fsp3) is 0.231. The molecule has 0 saturated heterocycles. The van der Waals surface area contributed by atoms with Gasteiger partial charge >= 0.3 is 0 Å². The highest BCUT2D eigenvalue weighted by Gasteiger charge is 2.18. The van der Waals surface area contributed by atoms with Gasteiger partial charge in [-0.3, -0.25) is 0 Å². The van der Waals surface area contributed by atoms with Crippen LogP contribution in [0.3, 0.4) is 0 Å². The number of methoxy groups -OCH3 is 1. The molecule has 1 aromatic carbocycles. The highest BCUT2D eigenvalue weighted by Crippen LogP contribution is 2.38. The average molecular weight is 316 g/mol. The van der Waals surface area contributed by atoms with Crippen molar-refractivity contribution < 1.29 is 9.15 Å². The largest absolute Gasteiger partial charge is 0.497 e. The third kappa shape index (κ3) is 2.50. The summed E-state index contributed by atoms with van der Waals surface area (Å²) in [4.78, 5) is -0.0455. The summed E-state index contributed by atoms with van der Waals surface area (Å²) >= 11 is 9.82. The Kier molecular flexibility index (Phi) is 3.79. The molecule has 17 heavy (non-hydrogen) atoms. The summed E-state index contributed by atoms with van der Waals surface area (Å²) in [7, 11) is 1.62. The lowest BCUT2D eigenvalue weighted by Crippen LogP contribution is -1.95. The van der Waals surface area contributed by atoms with Crippen LogP contribution in [0.25, 0.3) is 0 Å². The topological polar surface area (TPSA) is 22.4 Å². The highest BCUT2D eigenvalue weighted by molar-refractivity contribution is 9.09. The van der Waals surface area contributed by atoms with Gasteiger partial charge in [-0.15, -0.1) is 0 Å². The fourth-order valence-electron chi connectivity index (χ4n) is 1.63. The lowest BCUT2D eigenvalue weighted by Gasteiger charge is -2.11.